The maximum atomic E-state index is 12.2. The number of fused-ring (bicyclic) bond motifs is 1. The Balaban J connectivity index is 2.38. The quantitative estimate of drug-likeness (QED) is 0.643. The predicted molar refractivity (Wildman–Crippen MR) is 59.4 cm³/mol. The lowest BCUT2D eigenvalue weighted by Gasteiger charge is -2.03. The van der Waals surface area contributed by atoms with Gasteiger partial charge in [0.1, 0.15) is 11.2 Å². The van der Waals surface area contributed by atoms with Crippen LogP contribution in [-0.2, 0) is 0 Å². The predicted octanol–water partition coefficient (Wildman–Crippen LogP) is 0.183. The highest BCUT2D eigenvalue weighted by molar-refractivity contribution is 5.55. The number of nitrogens with one attached hydrogen (secondary N) is 1. The first kappa shape index (κ1) is 8.57. The van der Waals surface area contributed by atoms with Gasteiger partial charge in [-0.1, -0.05) is 6.04 Å². The van der Waals surface area contributed by atoms with Crippen LogP contribution in [0.3, 0.4) is 0 Å². The van der Waals surface area contributed by atoms with Gasteiger partial charge in [0.25, 0.3) is 5.56 Å². The summed E-state index contributed by atoms with van der Waals surface area (Å²) in [7, 11) is 0. The minimum Gasteiger partial charge on any atom is -0.268 e. The Hall–Kier alpha value is -2.57. The third-order valence-corrected chi connectivity index (χ3v) is 2.44. The molecule has 0 saturated heterocycles. The lowest BCUT2D eigenvalue weighted by atomic mass is 10.2. The summed E-state index contributed by atoms with van der Waals surface area (Å²) in [5, 5.41) is 13.2. The highest BCUT2D eigenvalue weighted by atomic mass is 16.1. The molecule has 3 rings (SSSR count). The van der Waals surface area contributed by atoms with Gasteiger partial charge in [-0.05, 0) is 23.8 Å². The zero-order chi connectivity index (χ0) is 12.7. The van der Waals surface area contributed by atoms with E-state index in [1.54, 1.807) is 13.0 Å². The van der Waals surface area contributed by atoms with Gasteiger partial charge in [0, 0.05) is 12.4 Å². The Morgan fingerprint density at radius 1 is 1.53 bits per heavy atom. The number of hydrogen-bond acceptors (Lipinski definition) is 5. The molecule has 3 aromatic rings. The summed E-state index contributed by atoms with van der Waals surface area (Å²) in [6, 6.07) is 1.89. The lowest BCUT2D eigenvalue weighted by Crippen LogP contribution is -2.17. The Bertz CT molecular complexity index is 779. The summed E-state index contributed by atoms with van der Waals surface area (Å²) in [5.41, 5.74) is 1.08. The van der Waals surface area contributed by atoms with Gasteiger partial charge in [-0.15, -0.1) is 10.2 Å². The Morgan fingerprint density at radius 3 is 3.18 bits per heavy atom. The highest BCUT2D eigenvalue weighted by Gasteiger charge is 2.11. The fraction of sp³-hybridized carbons (Fsp3) is 0.100. The van der Waals surface area contributed by atoms with E-state index < -0.39 is 0 Å². The molecule has 1 N–H and O–H groups in total. The van der Waals surface area contributed by atoms with Crippen molar-refractivity contribution in [3.8, 4) is 11.4 Å². The van der Waals surface area contributed by atoms with Gasteiger partial charge in [-0.3, -0.25) is 9.20 Å². The molecule has 0 aliphatic carbocycles. The van der Waals surface area contributed by atoms with Crippen molar-refractivity contribution in [2.75, 3.05) is 0 Å². The highest BCUT2D eigenvalue weighted by Crippen LogP contribution is 2.09. The summed E-state index contributed by atoms with van der Waals surface area (Å²) in [5.74, 6) is 0.203. The van der Waals surface area contributed by atoms with Crippen LogP contribution in [-0.4, -0.2) is 30.0 Å². The van der Waals surface area contributed by atoms with Crippen molar-refractivity contribution in [2.45, 2.75) is 6.92 Å². The van der Waals surface area contributed by atoms with E-state index >= 15 is 0 Å². The molecule has 0 atom stereocenters. The van der Waals surface area contributed by atoms with E-state index in [0.29, 0.717) is 17.3 Å². The van der Waals surface area contributed by atoms with Gasteiger partial charge in [0.05, 0.1) is 1.37 Å². The number of aromatic nitrogens is 6. The summed E-state index contributed by atoms with van der Waals surface area (Å²) in [4.78, 5) is 16.4. The molecule has 0 radical (unpaired) electrons. The fourth-order valence-corrected chi connectivity index (χ4v) is 1.62. The third kappa shape index (κ3) is 1.40. The van der Waals surface area contributed by atoms with Crippen LogP contribution in [0, 0.1) is 6.92 Å². The Labute approximate surface area is 96.5 Å². The Kier molecular flexibility index (Phi) is 1.75. The van der Waals surface area contributed by atoms with E-state index in [-0.39, 0.29) is 16.9 Å². The van der Waals surface area contributed by atoms with Gasteiger partial charge >= 0.3 is 0 Å². The average molecular weight is 229 g/mol. The molecule has 3 aromatic heterocycles. The minimum absolute atomic E-state index is 0.203. The molecule has 0 unspecified atom stereocenters. The molecule has 0 saturated carbocycles. The second kappa shape index (κ2) is 3.48. The van der Waals surface area contributed by atoms with Crippen molar-refractivity contribution in [3.63, 3.8) is 0 Å². The smallest absolute Gasteiger partial charge is 0.268 e. The molecule has 0 amide bonds. The van der Waals surface area contributed by atoms with E-state index in [1.165, 1.54) is 16.8 Å². The lowest BCUT2D eigenvalue weighted by molar-refractivity contribution is 0.881. The van der Waals surface area contributed by atoms with Gasteiger partial charge in [0.15, 0.2) is 0 Å². The standard InChI is InChI=1S/C10H8N6O/c1-6-3-2-4-16-9(6)11-5-7(10(16)17)8-12-14-15-13-8/h2-5H,1H3,(H,12,13,14,15)/i3D. The maximum absolute atomic E-state index is 12.2. The van der Waals surface area contributed by atoms with Crippen LogP contribution in [0.15, 0.2) is 29.3 Å². The fourth-order valence-electron chi connectivity index (χ4n) is 1.62. The third-order valence-electron chi connectivity index (χ3n) is 2.44. The van der Waals surface area contributed by atoms with Crippen LogP contribution in [0.1, 0.15) is 6.93 Å². The van der Waals surface area contributed by atoms with Gasteiger partial charge < -0.3 is 0 Å². The molecule has 17 heavy (non-hydrogen) atoms. The molecule has 7 heteroatoms. The number of H-pyrrole nitrogens is 1. The molecule has 0 aromatic carbocycles. The van der Waals surface area contributed by atoms with E-state index in [2.05, 4.69) is 25.6 Å². The van der Waals surface area contributed by atoms with Crippen molar-refractivity contribution < 1.29 is 1.37 Å². The maximum Gasteiger partial charge on any atom is 0.269 e. The topological polar surface area (TPSA) is 88.8 Å². The van der Waals surface area contributed by atoms with Gasteiger partial charge in [-0.2, -0.15) is 5.21 Å². The molecule has 0 bridgehead atoms. The molecule has 7 nitrogen and oxygen atoms in total. The first-order chi connectivity index (χ1) is 8.68. The normalized spacial score (nSPS) is 11.7. The zero-order valence-electron chi connectivity index (χ0n) is 9.88. The Morgan fingerprint density at radius 2 is 2.41 bits per heavy atom. The molecule has 0 spiro atoms. The van der Waals surface area contributed by atoms with Crippen molar-refractivity contribution in [1.29, 1.82) is 0 Å². The van der Waals surface area contributed by atoms with Gasteiger partial charge in [0.2, 0.25) is 5.82 Å². The number of nitrogens with zero attached hydrogens (tertiary/aromatic N) is 5. The molecule has 84 valence electrons. The molecule has 0 fully saturated rings. The summed E-state index contributed by atoms with van der Waals surface area (Å²) < 4.78 is 9.04. The van der Waals surface area contributed by atoms with Crippen LogP contribution in [0.2, 0.25) is 0 Å². The number of hydrogen-bond donors (Lipinski definition) is 1. The van der Waals surface area contributed by atoms with Crippen molar-refractivity contribution >= 4 is 5.65 Å². The monoisotopic (exact) mass is 229 g/mol. The molecule has 0 aliphatic heterocycles. The number of pyridine rings is 1. The zero-order valence-corrected chi connectivity index (χ0v) is 8.88. The number of rotatable bonds is 1. The first-order valence-electron chi connectivity index (χ1n) is 5.40. The van der Waals surface area contributed by atoms with E-state index in [1.807, 2.05) is 0 Å². The van der Waals surface area contributed by atoms with Crippen LogP contribution < -0.4 is 5.56 Å². The second-order valence-corrected chi connectivity index (χ2v) is 3.49. The molecular formula is C10H8N6O. The van der Waals surface area contributed by atoms with Crippen LogP contribution in [0.5, 0.6) is 0 Å². The first-order valence-corrected chi connectivity index (χ1v) is 4.90. The molecule has 0 aliphatic rings. The van der Waals surface area contributed by atoms with Gasteiger partial charge in [-0.25, -0.2) is 4.98 Å². The van der Waals surface area contributed by atoms with Crippen molar-refractivity contribution in [3.05, 3.63) is 40.4 Å². The van der Waals surface area contributed by atoms with E-state index in [0.717, 1.165) is 0 Å². The summed E-state index contributed by atoms with van der Waals surface area (Å²) in [6.45, 7) is 1.75. The van der Waals surface area contributed by atoms with Crippen molar-refractivity contribution in [1.82, 2.24) is 30.0 Å². The van der Waals surface area contributed by atoms with E-state index in [9.17, 15) is 4.79 Å². The number of aryl methyl sites for hydroxylation is 1. The number of tetrazole rings is 1. The van der Waals surface area contributed by atoms with Crippen LogP contribution in [0.25, 0.3) is 17.0 Å². The summed E-state index contributed by atoms with van der Waals surface area (Å²) in [6.07, 6.45) is 2.92. The number of aromatic amines is 1. The van der Waals surface area contributed by atoms with Crippen LogP contribution in [0.4, 0.5) is 0 Å². The molecule has 3 heterocycles. The van der Waals surface area contributed by atoms with Crippen molar-refractivity contribution in [2.24, 2.45) is 0 Å². The summed E-state index contributed by atoms with van der Waals surface area (Å²) >= 11 is 0. The van der Waals surface area contributed by atoms with Crippen LogP contribution >= 0.6 is 0 Å². The van der Waals surface area contributed by atoms with E-state index in [4.69, 9.17) is 1.37 Å². The largest absolute Gasteiger partial charge is 0.269 e. The second-order valence-electron chi connectivity index (χ2n) is 3.49. The minimum atomic E-state index is -0.287. The molecular weight excluding hydrogens is 220 g/mol. The SMILES string of the molecule is [2H]c1ccn2c(=O)c(-c3nn[nH]n3)cnc2c1C. The average Bonchev–Trinajstić information content (AvgIpc) is 2.88.